The van der Waals surface area contributed by atoms with Gasteiger partial charge < -0.3 is 10.0 Å². The van der Waals surface area contributed by atoms with Gasteiger partial charge in [-0.25, -0.2) is 0 Å². The third-order valence-electron chi connectivity index (χ3n) is 3.47. The molecule has 0 bridgehead atoms. The molecule has 0 radical (unpaired) electrons. The molecule has 1 N–H and O–H groups in total. The number of rotatable bonds is 2. The summed E-state index contributed by atoms with van der Waals surface area (Å²) in [6, 6.07) is 0. The molecular weight excluding hydrogens is 198 g/mol. The molecular formula is C14H21NO. The quantitative estimate of drug-likeness (QED) is 0.767. The summed E-state index contributed by atoms with van der Waals surface area (Å²) in [4.78, 5) is 2.17. The second-order valence-electron chi connectivity index (χ2n) is 5.06. The predicted molar refractivity (Wildman–Crippen MR) is 67.1 cm³/mol. The van der Waals surface area contributed by atoms with E-state index in [2.05, 4.69) is 43.3 Å². The van der Waals surface area contributed by atoms with E-state index in [-0.39, 0.29) is 12.0 Å². The third kappa shape index (κ3) is 2.45. The number of aliphatic hydroxyl groups is 1. The maximum atomic E-state index is 10.4. The zero-order valence-corrected chi connectivity index (χ0v) is 10.1. The molecule has 2 heteroatoms. The lowest BCUT2D eigenvalue weighted by Crippen LogP contribution is -2.35. The predicted octanol–water partition coefficient (Wildman–Crippen LogP) is 1.99. The van der Waals surface area contributed by atoms with Gasteiger partial charge in [-0.2, -0.15) is 0 Å². The van der Waals surface area contributed by atoms with Crippen molar-refractivity contribution in [1.29, 1.82) is 0 Å². The van der Waals surface area contributed by atoms with Crippen LogP contribution in [0.15, 0.2) is 36.0 Å². The summed E-state index contributed by atoms with van der Waals surface area (Å²) < 4.78 is 0. The van der Waals surface area contributed by atoms with Crippen LogP contribution in [0.1, 0.15) is 12.8 Å². The summed E-state index contributed by atoms with van der Waals surface area (Å²) in [5.74, 6) is 0.586. The summed E-state index contributed by atoms with van der Waals surface area (Å²) in [7, 11) is 4.14. The van der Waals surface area contributed by atoms with Crippen molar-refractivity contribution in [3.05, 3.63) is 36.0 Å². The van der Waals surface area contributed by atoms with Crippen molar-refractivity contribution in [2.24, 2.45) is 11.8 Å². The van der Waals surface area contributed by atoms with Crippen LogP contribution in [0.4, 0.5) is 0 Å². The lowest BCUT2D eigenvalue weighted by molar-refractivity contribution is 0.0661. The fraction of sp³-hybridized carbons (Fsp3) is 0.571. The molecule has 2 aliphatic carbocycles. The highest BCUT2D eigenvalue weighted by Gasteiger charge is 2.30. The first kappa shape index (κ1) is 11.6. The van der Waals surface area contributed by atoms with E-state index in [4.69, 9.17) is 0 Å². The average Bonchev–Trinajstić information content (AvgIpc) is 2.40. The van der Waals surface area contributed by atoms with E-state index in [0.29, 0.717) is 5.92 Å². The van der Waals surface area contributed by atoms with Crippen molar-refractivity contribution < 1.29 is 5.11 Å². The molecule has 0 saturated carbocycles. The summed E-state index contributed by atoms with van der Waals surface area (Å²) in [5, 5.41) is 10.4. The molecule has 16 heavy (non-hydrogen) atoms. The normalized spacial score (nSPS) is 33.5. The fourth-order valence-corrected chi connectivity index (χ4v) is 2.68. The van der Waals surface area contributed by atoms with Crippen LogP contribution < -0.4 is 0 Å². The Morgan fingerprint density at radius 2 is 2.19 bits per heavy atom. The minimum atomic E-state index is -0.239. The van der Waals surface area contributed by atoms with Gasteiger partial charge in [0.05, 0.1) is 6.10 Å². The average molecular weight is 219 g/mol. The van der Waals surface area contributed by atoms with Gasteiger partial charge in [-0.05, 0) is 38.4 Å². The monoisotopic (exact) mass is 219 g/mol. The van der Waals surface area contributed by atoms with Gasteiger partial charge in [-0.3, -0.25) is 0 Å². The minimum Gasteiger partial charge on any atom is -0.392 e. The summed E-state index contributed by atoms with van der Waals surface area (Å²) in [5.41, 5.74) is 1.29. The van der Waals surface area contributed by atoms with Gasteiger partial charge in [0.2, 0.25) is 0 Å². The van der Waals surface area contributed by atoms with Crippen LogP contribution in [0.2, 0.25) is 0 Å². The SMILES string of the molecule is CN(C)CC1CCC=C2C=CC=CC2C1O. The lowest BCUT2D eigenvalue weighted by Gasteiger charge is -2.29. The van der Waals surface area contributed by atoms with Crippen LogP contribution in [0, 0.1) is 11.8 Å². The van der Waals surface area contributed by atoms with E-state index in [1.807, 2.05) is 6.08 Å². The highest BCUT2D eigenvalue weighted by atomic mass is 16.3. The van der Waals surface area contributed by atoms with Crippen LogP contribution in [0.3, 0.4) is 0 Å². The van der Waals surface area contributed by atoms with E-state index in [1.165, 1.54) is 5.57 Å². The van der Waals surface area contributed by atoms with E-state index in [9.17, 15) is 5.11 Å². The molecule has 0 aromatic rings. The number of hydrogen-bond acceptors (Lipinski definition) is 2. The molecule has 0 spiro atoms. The molecule has 0 heterocycles. The first-order valence-corrected chi connectivity index (χ1v) is 6.06. The number of fused-ring (bicyclic) bond motifs is 1. The largest absolute Gasteiger partial charge is 0.392 e. The number of allylic oxidation sites excluding steroid dienone is 4. The highest BCUT2D eigenvalue weighted by molar-refractivity contribution is 5.35. The van der Waals surface area contributed by atoms with Gasteiger partial charge in [-0.15, -0.1) is 0 Å². The maximum absolute atomic E-state index is 10.4. The first-order valence-electron chi connectivity index (χ1n) is 6.06. The van der Waals surface area contributed by atoms with Crippen LogP contribution in [0.25, 0.3) is 0 Å². The lowest BCUT2D eigenvalue weighted by atomic mass is 9.84. The molecule has 3 atom stereocenters. The number of aliphatic hydroxyl groups excluding tert-OH is 1. The topological polar surface area (TPSA) is 23.5 Å². The van der Waals surface area contributed by atoms with Crippen molar-refractivity contribution >= 4 is 0 Å². The molecule has 0 fully saturated rings. The maximum Gasteiger partial charge on any atom is 0.0683 e. The molecule has 0 aromatic heterocycles. The smallest absolute Gasteiger partial charge is 0.0683 e. The third-order valence-corrected chi connectivity index (χ3v) is 3.47. The van der Waals surface area contributed by atoms with Gasteiger partial charge in [0.1, 0.15) is 0 Å². The molecule has 2 aliphatic rings. The molecule has 2 nitrogen and oxygen atoms in total. The zero-order chi connectivity index (χ0) is 11.5. The van der Waals surface area contributed by atoms with Gasteiger partial charge in [0.25, 0.3) is 0 Å². The van der Waals surface area contributed by atoms with Gasteiger partial charge in [0.15, 0.2) is 0 Å². The first-order chi connectivity index (χ1) is 7.68. The molecule has 0 saturated heterocycles. The van der Waals surface area contributed by atoms with Crippen LogP contribution >= 0.6 is 0 Å². The standard InChI is InChI=1S/C14H21NO/c1-15(2)10-12-8-5-7-11-6-3-4-9-13(11)14(12)16/h3-4,6-7,9,12-14,16H,5,8,10H2,1-2H3. The van der Waals surface area contributed by atoms with Crippen LogP contribution in [-0.2, 0) is 0 Å². The second kappa shape index (κ2) is 4.98. The highest BCUT2D eigenvalue weighted by Crippen LogP contribution is 2.32. The van der Waals surface area contributed by atoms with E-state index in [0.717, 1.165) is 19.4 Å². The molecule has 2 rings (SSSR count). The molecule has 3 unspecified atom stereocenters. The van der Waals surface area contributed by atoms with Gasteiger partial charge >= 0.3 is 0 Å². The Kier molecular flexibility index (Phi) is 3.62. The molecule has 0 amide bonds. The van der Waals surface area contributed by atoms with E-state index < -0.39 is 0 Å². The Hall–Kier alpha value is -0.860. The van der Waals surface area contributed by atoms with Gasteiger partial charge in [-0.1, -0.05) is 30.4 Å². The number of hydrogen-bond donors (Lipinski definition) is 1. The Morgan fingerprint density at radius 1 is 1.38 bits per heavy atom. The van der Waals surface area contributed by atoms with Crippen molar-refractivity contribution in [2.75, 3.05) is 20.6 Å². The van der Waals surface area contributed by atoms with Crippen molar-refractivity contribution in [1.82, 2.24) is 4.90 Å². The molecule has 0 aliphatic heterocycles. The minimum absolute atomic E-state index is 0.206. The molecule has 0 aromatic carbocycles. The molecule has 88 valence electrons. The van der Waals surface area contributed by atoms with Crippen LogP contribution in [-0.4, -0.2) is 36.8 Å². The van der Waals surface area contributed by atoms with Crippen LogP contribution in [0.5, 0.6) is 0 Å². The van der Waals surface area contributed by atoms with Crippen molar-refractivity contribution in [3.8, 4) is 0 Å². The Morgan fingerprint density at radius 3 is 2.94 bits per heavy atom. The Bertz CT molecular complexity index is 328. The summed E-state index contributed by atoms with van der Waals surface area (Å²) >= 11 is 0. The van der Waals surface area contributed by atoms with Gasteiger partial charge in [0, 0.05) is 12.5 Å². The van der Waals surface area contributed by atoms with Crippen molar-refractivity contribution in [2.45, 2.75) is 18.9 Å². The fourth-order valence-electron chi connectivity index (χ4n) is 2.68. The Balaban J connectivity index is 2.13. The van der Waals surface area contributed by atoms with Crippen molar-refractivity contribution in [3.63, 3.8) is 0 Å². The van der Waals surface area contributed by atoms with E-state index in [1.54, 1.807) is 0 Å². The summed E-state index contributed by atoms with van der Waals surface area (Å²) in [6.07, 6.45) is 12.6. The zero-order valence-electron chi connectivity index (χ0n) is 10.1. The van der Waals surface area contributed by atoms with E-state index >= 15 is 0 Å². The number of nitrogens with zero attached hydrogens (tertiary/aromatic N) is 1. The Labute approximate surface area is 98.0 Å². The summed E-state index contributed by atoms with van der Waals surface area (Å²) in [6.45, 7) is 0.969. The second-order valence-corrected chi connectivity index (χ2v) is 5.06.